The molecule has 96 valence electrons. The number of amides is 1. The number of carbonyl (C=O) groups excluding carboxylic acids is 1. The first-order valence-electron chi connectivity index (χ1n) is 5.64. The third kappa shape index (κ3) is 2.73. The lowest BCUT2D eigenvalue weighted by Gasteiger charge is -2.11. The van der Waals surface area contributed by atoms with Crippen molar-refractivity contribution in [3.05, 3.63) is 28.4 Å². The molecule has 1 aromatic rings. The Labute approximate surface area is 102 Å². The lowest BCUT2D eigenvalue weighted by Crippen LogP contribution is -2.34. The number of carboxylic acids is 1. The van der Waals surface area contributed by atoms with E-state index in [9.17, 15) is 14.4 Å². The van der Waals surface area contributed by atoms with Crippen LogP contribution < -0.4 is 10.9 Å². The Bertz CT molecular complexity index is 505. The van der Waals surface area contributed by atoms with Gasteiger partial charge in [0.15, 0.2) is 0 Å². The summed E-state index contributed by atoms with van der Waals surface area (Å²) in [5.74, 6) is -1.62. The average Bonchev–Trinajstić information content (AvgIpc) is 2.78. The Hall–Kier alpha value is -2.18. The second kappa shape index (κ2) is 4.99. The number of hydrogen-bond donors (Lipinski definition) is 3. The molecule has 2 rings (SSSR count). The van der Waals surface area contributed by atoms with Crippen molar-refractivity contribution in [1.82, 2.24) is 15.3 Å². The second-order valence-corrected chi connectivity index (χ2v) is 4.31. The lowest BCUT2D eigenvalue weighted by atomic mass is 10.1. The van der Waals surface area contributed by atoms with Crippen LogP contribution in [-0.2, 0) is 4.79 Å². The van der Waals surface area contributed by atoms with E-state index < -0.39 is 11.9 Å². The minimum atomic E-state index is -0.825. The fraction of sp³-hybridized carbons (Fsp3) is 0.455. The van der Waals surface area contributed by atoms with Crippen molar-refractivity contribution in [2.45, 2.75) is 25.3 Å². The zero-order valence-electron chi connectivity index (χ0n) is 9.55. The molecule has 1 amide bonds. The van der Waals surface area contributed by atoms with E-state index in [-0.39, 0.29) is 23.2 Å². The number of carbonyl (C=O) groups is 2. The SMILES string of the molecule is O=C(NC1CCC(C(=O)O)C1)c1c[nH]c(=O)cn1. The van der Waals surface area contributed by atoms with E-state index in [0.717, 1.165) is 6.20 Å². The number of H-pyrrole nitrogens is 1. The summed E-state index contributed by atoms with van der Waals surface area (Å²) in [5.41, 5.74) is -0.258. The van der Waals surface area contributed by atoms with Crippen molar-refractivity contribution in [1.29, 1.82) is 0 Å². The molecule has 1 aliphatic rings. The number of hydrogen-bond acceptors (Lipinski definition) is 4. The third-order valence-corrected chi connectivity index (χ3v) is 3.02. The molecular formula is C11H13N3O4. The largest absolute Gasteiger partial charge is 0.481 e. The van der Waals surface area contributed by atoms with Crippen molar-refractivity contribution in [2.75, 3.05) is 0 Å². The van der Waals surface area contributed by atoms with Crippen LogP contribution in [0.3, 0.4) is 0 Å². The molecule has 0 aliphatic heterocycles. The van der Waals surface area contributed by atoms with Gasteiger partial charge in [0.05, 0.1) is 12.1 Å². The highest BCUT2D eigenvalue weighted by atomic mass is 16.4. The minimum Gasteiger partial charge on any atom is -0.481 e. The maximum absolute atomic E-state index is 11.7. The summed E-state index contributed by atoms with van der Waals surface area (Å²) < 4.78 is 0. The normalized spacial score (nSPS) is 22.7. The van der Waals surface area contributed by atoms with Crippen LogP contribution in [0.2, 0.25) is 0 Å². The molecule has 0 spiro atoms. The van der Waals surface area contributed by atoms with Gasteiger partial charge in [-0.2, -0.15) is 0 Å². The van der Waals surface area contributed by atoms with Gasteiger partial charge in [0.25, 0.3) is 11.5 Å². The fourth-order valence-electron chi connectivity index (χ4n) is 2.06. The molecule has 2 unspecified atom stereocenters. The van der Waals surface area contributed by atoms with E-state index in [1.165, 1.54) is 6.20 Å². The molecule has 1 saturated carbocycles. The van der Waals surface area contributed by atoms with Crippen LogP contribution in [0.25, 0.3) is 0 Å². The summed E-state index contributed by atoms with van der Waals surface area (Å²) in [5, 5.41) is 11.6. The van der Waals surface area contributed by atoms with Crippen molar-refractivity contribution in [2.24, 2.45) is 5.92 Å². The zero-order chi connectivity index (χ0) is 13.1. The van der Waals surface area contributed by atoms with E-state index in [1.807, 2.05) is 0 Å². The molecule has 0 radical (unpaired) electrons. The minimum absolute atomic E-state index is 0.119. The monoisotopic (exact) mass is 251 g/mol. The summed E-state index contributed by atoms with van der Waals surface area (Å²) in [7, 11) is 0. The van der Waals surface area contributed by atoms with E-state index in [2.05, 4.69) is 15.3 Å². The molecule has 1 aliphatic carbocycles. The summed E-state index contributed by atoms with van der Waals surface area (Å²) >= 11 is 0. The number of carboxylic acid groups (broad SMARTS) is 1. The molecule has 1 fully saturated rings. The van der Waals surface area contributed by atoms with Crippen LogP contribution in [0.15, 0.2) is 17.2 Å². The molecule has 7 nitrogen and oxygen atoms in total. The fourth-order valence-corrected chi connectivity index (χ4v) is 2.06. The van der Waals surface area contributed by atoms with Crippen LogP contribution in [0, 0.1) is 5.92 Å². The van der Waals surface area contributed by atoms with Gasteiger partial charge in [-0.25, -0.2) is 4.98 Å². The van der Waals surface area contributed by atoms with E-state index >= 15 is 0 Å². The van der Waals surface area contributed by atoms with Gasteiger partial charge in [-0.15, -0.1) is 0 Å². The van der Waals surface area contributed by atoms with Crippen molar-refractivity contribution in [3.8, 4) is 0 Å². The quantitative estimate of drug-likeness (QED) is 0.686. The van der Waals surface area contributed by atoms with Gasteiger partial charge < -0.3 is 15.4 Å². The number of nitrogens with zero attached hydrogens (tertiary/aromatic N) is 1. The van der Waals surface area contributed by atoms with Crippen LogP contribution in [-0.4, -0.2) is 33.0 Å². The summed E-state index contributed by atoms with van der Waals surface area (Å²) in [6, 6.07) is -0.146. The first-order valence-corrected chi connectivity index (χ1v) is 5.64. The summed E-state index contributed by atoms with van der Waals surface area (Å²) in [6.45, 7) is 0. The Morgan fingerprint density at radius 1 is 1.44 bits per heavy atom. The van der Waals surface area contributed by atoms with Crippen molar-refractivity contribution < 1.29 is 14.7 Å². The smallest absolute Gasteiger partial charge is 0.306 e. The standard InChI is InChI=1S/C11H13N3O4/c15-9-5-12-8(4-13-9)10(16)14-7-2-1-6(3-7)11(17)18/h4-7H,1-3H2,(H,13,15)(H,14,16)(H,17,18). The van der Waals surface area contributed by atoms with Gasteiger partial charge in [-0.1, -0.05) is 0 Å². The molecule has 1 aromatic heterocycles. The average molecular weight is 251 g/mol. The Balaban J connectivity index is 1.94. The Morgan fingerprint density at radius 3 is 2.78 bits per heavy atom. The third-order valence-electron chi connectivity index (χ3n) is 3.02. The van der Waals surface area contributed by atoms with Gasteiger partial charge in [0, 0.05) is 12.2 Å². The molecular weight excluding hydrogens is 238 g/mol. The van der Waals surface area contributed by atoms with E-state index in [4.69, 9.17) is 5.11 Å². The van der Waals surface area contributed by atoms with Crippen LogP contribution in [0.4, 0.5) is 0 Å². The molecule has 2 atom stereocenters. The maximum Gasteiger partial charge on any atom is 0.306 e. The van der Waals surface area contributed by atoms with Gasteiger partial charge in [-0.3, -0.25) is 14.4 Å². The summed E-state index contributed by atoms with van der Waals surface area (Å²) in [6.07, 6.45) is 3.92. The molecule has 0 bridgehead atoms. The Kier molecular flexibility index (Phi) is 3.40. The number of aromatic nitrogens is 2. The molecule has 1 heterocycles. The number of nitrogens with one attached hydrogen (secondary N) is 2. The first-order chi connectivity index (χ1) is 8.56. The lowest BCUT2D eigenvalue weighted by molar-refractivity contribution is -0.141. The molecule has 0 aromatic carbocycles. The molecule has 18 heavy (non-hydrogen) atoms. The maximum atomic E-state index is 11.7. The van der Waals surface area contributed by atoms with Crippen molar-refractivity contribution in [3.63, 3.8) is 0 Å². The molecule has 3 N–H and O–H groups in total. The predicted octanol–water partition coefficient (Wildman–Crippen LogP) is -0.247. The Morgan fingerprint density at radius 2 is 2.22 bits per heavy atom. The summed E-state index contributed by atoms with van der Waals surface area (Å²) in [4.78, 5) is 39.4. The highest BCUT2D eigenvalue weighted by Gasteiger charge is 2.30. The highest BCUT2D eigenvalue weighted by molar-refractivity contribution is 5.92. The predicted molar refractivity (Wildman–Crippen MR) is 61.1 cm³/mol. The van der Waals surface area contributed by atoms with Gasteiger partial charge in [0.2, 0.25) is 0 Å². The number of aromatic amines is 1. The topological polar surface area (TPSA) is 112 Å². The highest BCUT2D eigenvalue weighted by Crippen LogP contribution is 2.25. The molecule has 7 heteroatoms. The van der Waals surface area contributed by atoms with Gasteiger partial charge in [0.1, 0.15) is 5.69 Å². The number of rotatable bonds is 3. The van der Waals surface area contributed by atoms with Crippen LogP contribution in [0.1, 0.15) is 29.8 Å². The first kappa shape index (κ1) is 12.3. The van der Waals surface area contributed by atoms with E-state index in [0.29, 0.717) is 19.3 Å². The number of aliphatic carboxylic acids is 1. The van der Waals surface area contributed by atoms with Crippen molar-refractivity contribution >= 4 is 11.9 Å². The van der Waals surface area contributed by atoms with Gasteiger partial charge in [-0.05, 0) is 19.3 Å². The van der Waals surface area contributed by atoms with Crippen LogP contribution >= 0.6 is 0 Å². The van der Waals surface area contributed by atoms with Gasteiger partial charge >= 0.3 is 5.97 Å². The molecule has 0 saturated heterocycles. The zero-order valence-corrected chi connectivity index (χ0v) is 9.55. The van der Waals surface area contributed by atoms with Crippen LogP contribution in [0.5, 0.6) is 0 Å². The second-order valence-electron chi connectivity index (χ2n) is 4.31. The van der Waals surface area contributed by atoms with E-state index in [1.54, 1.807) is 0 Å².